The van der Waals surface area contributed by atoms with Crippen LogP contribution in [-0.4, -0.2) is 33.6 Å². The van der Waals surface area contributed by atoms with Crippen molar-refractivity contribution in [2.45, 2.75) is 23.1 Å². The second kappa shape index (κ2) is 9.23. The summed E-state index contributed by atoms with van der Waals surface area (Å²) < 4.78 is 24.8. The van der Waals surface area contributed by atoms with Gasteiger partial charge in [-0.25, -0.2) is 4.98 Å². The van der Waals surface area contributed by atoms with Crippen LogP contribution in [0.3, 0.4) is 0 Å². The Kier molecular flexibility index (Phi) is 6.73. The van der Waals surface area contributed by atoms with Gasteiger partial charge in [-0.15, -0.1) is 0 Å². The Hall–Kier alpha value is -2.06. The molecule has 0 radical (unpaired) electrons. The van der Waals surface area contributed by atoms with Gasteiger partial charge < -0.3 is 10.3 Å². The number of aromatic amines is 1. The summed E-state index contributed by atoms with van der Waals surface area (Å²) in [4.78, 5) is 20.9. The predicted molar refractivity (Wildman–Crippen MR) is 108 cm³/mol. The zero-order valence-corrected chi connectivity index (χ0v) is 16.2. The molecule has 27 heavy (non-hydrogen) atoms. The molecule has 0 aliphatic carbocycles. The number of carbonyl (C=O) groups excluding carboxylic acids is 1. The number of rotatable bonds is 8. The molecule has 0 saturated carbocycles. The van der Waals surface area contributed by atoms with Crippen molar-refractivity contribution in [3.05, 3.63) is 59.9 Å². The van der Waals surface area contributed by atoms with E-state index in [1.165, 1.54) is 12.1 Å². The van der Waals surface area contributed by atoms with Crippen LogP contribution in [-0.2, 0) is 0 Å². The van der Waals surface area contributed by atoms with Crippen LogP contribution in [0.5, 0.6) is 0 Å². The zero-order valence-electron chi connectivity index (χ0n) is 14.6. The molecule has 2 aromatic carbocycles. The zero-order chi connectivity index (χ0) is 19.2. The van der Waals surface area contributed by atoms with E-state index in [0.717, 1.165) is 23.2 Å². The molecule has 1 atom stereocenters. The van der Waals surface area contributed by atoms with E-state index in [4.69, 9.17) is 0 Å². The maximum absolute atomic E-state index is 12.6. The van der Waals surface area contributed by atoms with Crippen molar-refractivity contribution in [3.8, 4) is 0 Å². The Morgan fingerprint density at radius 2 is 1.93 bits per heavy atom. The fourth-order valence-corrected chi connectivity index (χ4v) is 3.65. The number of nitrogens with zero attached hydrogens (tertiary/aromatic N) is 1. The van der Waals surface area contributed by atoms with E-state index in [-0.39, 0.29) is 11.9 Å². The fourth-order valence-electron chi connectivity index (χ4n) is 2.68. The molecule has 3 rings (SSSR count). The number of para-hydroxylation sites is 2. The van der Waals surface area contributed by atoms with Crippen LogP contribution in [0.1, 0.15) is 28.6 Å². The fraction of sp³-hybridized carbons (Fsp3) is 0.263. The molecule has 1 aromatic heterocycles. The van der Waals surface area contributed by atoms with Gasteiger partial charge in [-0.05, 0) is 54.8 Å². The average molecular weight is 408 g/mol. The third kappa shape index (κ3) is 5.23. The Balaban J connectivity index is 1.76. The van der Waals surface area contributed by atoms with Crippen molar-refractivity contribution in [2.75, 3.05) is 12.0 Å². The van der Waals surface area contributed by atoms with Crippen molar-refractivity contribution in [1.29, 1.82) is 0 Å². The number of benzene rings is 2. The summed E-state index contributed by atoms with van der Waals surface area (Å²) in [5, 5.41) is 3.00. The summed E-state index contributed by atoms with van der Waals surface area (Å²) in [5.74, 6) is -1.15. The van der Waals surface area contributed by atoms with E-state index in [9.17, 15) is 13.6 Å². The van der Waals surface area contributed by atoms with Crippen LogP contribution in [0, 0.1) is 0 Å². The highest BCUT2D eigenvalue weighted by atomic mass is 32.2. The highest BCUT2D eigenvalue weighted by Gasteiger charge is 2.19. The maximum atomic E-state index is 12.6. The van der Waals surface area contributed by atoms with Gasteiger partial charge in [0.25, 0.3) is 11.7 Å². The minimum absolute atomic E-state index is 0.254. The summed E-state index contributed by atoms with van der Waals surface area (Å²) in [5.41, 5.74) is 2.20. The molecule has 0 aliphatic rings. The highest BCUT2D eigenvalue weighted by Crippen LogP contribution is 2.25. The van der Waals surface area contributed by atoms with Gasteiger partial charge in [0, 0.05) is 10.5 Å². The minimum Gasteiger partial charge on any atom is -0.342 e. The number of nitrogens with one attached hydrogen (secondary N) is 2. The highest BCUT2D eigenvalue weighted by molar-refractivity contribution is 7.99. The summed E-state index contributed by atoms with van der Waals surface area (Å²) in [7, 11) is 0. The number of halogens is 2. The second-order valence-corrected chi connectivity index (χ2v) is 7.90. The SMILES string of the molecule is CSCC[C@@H](NC(=O)c1ccc(SC(F)F)cc1)c1nc2ccccc2[nH]1. The molecule has 142 valence electrons. The minimum atomic E-state index is -2.48. The number of aromatic nitrogens is 2. The second-order valence-electron chi connectivity index (χ2n) is 5.85. The number of amides is 1. The van der Waals surface area contributed by atoms with Crippen LogP contribution in [0.15, 0.2) is 53.4 Å². The van der Waals surface area contributed by atoms with E-state index in [0.29, 0.717) is 28.0 Å². The molecule has 0 aliphatic heterocycles. The van der Waals surface area contributed by atoms with Gasteiger partial charge in [0.1, 0.15) is 5.82 Å². The molecule has 0 fully saturated rings. The molecule has 1 heterocycles. The van der Waals surface area contributed by atoms with Gasteiger partial charge in [0.2, 0.25) is 0 Å². The van der Waals surface area contributed by atoms with Crippen LogP contribution in [0.4, 0.5) is 8.78 Å². The van der Waals surface area contributed by atoms with Gasteiger partial charge >= 0.3 is 0 Å². The number of H-pyrrole nitrogens is 1. The Labute approximate surface area is 164 Å². The lowest BCUT2D eigenvalue weighted by Crippen LogP contribution is -2.29. The molecule has 1 amide bonds. The first-order chi connectivity index (χ1) is 13.1. The van der Waals surface area contributed by atoms with E-state index < -0.39 is 5.76 Å². The van der Waals surface area contributed by atoms with Gasteiger partial charge in [0.05, 0.1) is 17.1 Å². The van der Waals surface area contributed by atoms with Crippen molar-refractivity contribution < 1.29 is 13.6 Å². The monoisotopic (exact) mass is 407 g/mol. The third-order valence-electron chi connectivity index (χ3n) is 4.00. The molecule has 0 unspecified atom stereocenters. The Morgan fingerprint density at radius 3 is 2.59 bits per heavy atom. The Morgan fingerprint density at radius 1 is 1.19 bits per heavy atom. The number of fused-ring (bicyclic) bond motifs is 1. The summed E-state index contributed by atoms with van der Waals surface area (Å²) in [6, 6.07) is 13.6. The number of alkyl halides is 2. The lowest BCUT2D eigenvalue weighted by Gasteiger charge is -2.16. The molecular formula is C19H19F2N3OS2. The normalized spacial score (nSPS) is 12.4. The van der Waals surface area contributed by atoms with Gasteiger partial charge in [-0.2, -0.15) is 20.5 Å². The molecular weight excluding hydrogens is 388 g/mol. The van der Waals surface area contributed by atoms with Crippen LogP contribution in [0.2, 0.25) is 0 Å². The number of imidazole rings is 1. The van der Waals surface area contributed by atoms with Crippen molar-refractivity contribution in [2.24, 2.45) is 0 Å². The van der Waals surface area contributed by atoms with Gasteiger partial charge in [-0.1, -0.05) is 23.9 Å². The van der Waals surface area contributed by atoms with Crippen LogP contribution < -0.4 is 5.32 Å². The van der Waals surface area contributed by atoms with Crippen molar-refractivity contribution >= 4 is 40.5 Å². The summed E-state index contributed by atoms with van der Waals surface area (Å²) in [6.45, 7) is 0. The summed E-state index contributed by atoms with van der Waals surface area (Å²) in [6.07, 6.45) is 2.74. The number of carbonyl (C=O) groups is 1. The molecule has 0 spiro atoms. The topological polar surface area (TPSA) is 57.8 Å². The van der Waals surface area contributed by atoms with Crippen molar-refractivity contribution in [1.82, 2.24) is 15.3 Å². The first-order valence-electron chi connectivity index (χ1n) is 8.36. The van der Waals surface area contributed by atoms with Crippen LogP contribution >= 0.6 is 23.5 Å². The first-order valence-corrected chi connectivity index (χ1v) is 10.6. The lowest BCUT2D eigenvalue weighted by atomic mass is 10.1. The largest absolute Gasteiger partial charge is 0.342 e. The van der Waals surface area contributed by atoms with Gasteiger partial charge in [0.15, 0.2) is 0 Å². The standard InChI is InChI=1S/C19H19F2N3OS2/c1-26-11-10-16(17-22-14-4-2-3-5-15(14)23-17)24-18(25)12-6-8-13(9-7-12)27-19(20)21/h2-9,16,19H,10-11H2,1H3,(H,22,23)(H,24,25)/t16-/m1/s1. The van der Waals surface area contributed by atoms with E-state index >= 15 is 0 Å². The van der Waals surface area contributed by atoms with Crippen LogP contribution in [0.25, 0.3) is 11.0 Å². The van der Waals surface area contributed by atoms with E-state index in [1.807, 2.05) is 30.5 Å². The van der Waals surface area contributed by atoms with Crippen molar-refractivity contribution in [3.63, 3.8) is 0 Å². The quantitative estimate of drug-likeness (QED) is 0.510. The molecule has 8 heteroatoms. The number of thioether (sulfide) groups is 2. The molecule has 0 saturated heterocycles. The molecule has 0 bridgehead atoms. The Bertz CT molecular complexity index is 866. The molecule has 2 N–H and O–H groups in total. The van der Waals surface area contributed by atoms with E-state index in [1.54, 1.807) is 23.9 Å². The predicted octanol–water partition coefficient (Wildman–Crippen LogP) is 5.10. The molecule has 4 nitrogen and oxygen atoms in total. The van der Waals surface area contributed by atoms with Gasteiger partial charge in [-0.3, -0.25) is 4.79 Å². The summed E-state index contributed by atoms with van der Waals surface area (Å²) >= 11 is 2.16. The molecule has 3 aromatic rings. The smallest absolute Gasteiger partial charge is 0.288 e. The third-order valence-corrected chi connectivity index (χ3v) is 5.36. The first kappa shape index (κ1) is 19.7. The number of hydrogen-bond donors (Lipinski definition) is 2. The maximum Gasteiger partial charge on any atom is 0.288 e. The lowest BCUT2D eigenvalue weighted by molar-refractivity contribution is 0.0934. The average Bonchev–Trinajstić information content (AvgIpc) is 3.09. The van der Waals surface area contributed by atoms with E-state index in [2.05, 4.69) is 15.3 Å². The number of hydrogen-bond acceptors (Lipinski definition) is 4.